The Balaban J connectivity index is 1.47. The quantitative estimate of drug-likeness (QED) is 0.191. The van der Waals surface area contributed by atoms with Crippen LogP contribution in [0.1, 0.15) is 48.6 Å². The Bertz CT molecular complexity index is 1870. The highest BCUT2D eigenvalue weighted by Crippen LogP contribution is 2.41. The van der Waals surface area contributed by atoms with Crippen LogP contribution in [0.15, 0.2) is 94.3 Å². The largest absolute Gasteiger partial charge is 0.487 e. The molecule has 4 aromatic rings. The van der Waals surface area contributed by atoms with E-state index in [1.807, 2.05) is 42.5 Å². The first-order valence-electron chi connectivity index (χ1n) is 13.5. The van der Waals surface area contributed by atoms with Crippen LogP contribution in [0.25, 0.3) is 11.6 Å². The van der Waals surface area contributed by atoms with Crippen molar-refractivity contribution in [3.05, 3.63) is 117 Å². The monoisotopic (exact) mass is 684 g/mol. The summed E-state index contributed by atoms with van der Waals surface area (Å²) in [6.07, 6.45) is -2.86. The predicted molar refractivity (Wildman–Crippen MR) is 169 cm³/mol. The lowest BCUT2D eigenvalue weighted by atomic mass is 9.85. The summed E-state index contributed by atoms with van der Waals surface area (Å²) < 4.78 is 74.3. The molecule has 2 N–H and O–H groups in total. The van der Waals surface area contributed by atoms with Gasteiger partial charge in [-0.3, -0.25) is 9.52 Å². The van der Waals surface area contributed by atoms with E-state index in [1.165, 1.54) is 18.2 Å². The lowest BCUT2D eigenvalue weighted by Crippen LogP contribution is -2.14. The maximum atomic E-state index is 13.2. The average Bonchev–Trinajstić information content (AvgIpc) is 3.25. The van der Waals surface area contributed by atoms with Crippen molar-refractivity contribution in [1.29, 1.82) is 0 Å². The number of sulfonamides is 1. The predicted octanol–water partition coefficient (Wildman–Crippen LogP) is 8.64. The molecule has 0 unspecified atom stereocenters. The SMILES string of the molecule is CC(C)(C)c1cc(C=C2C(=O)Nc3ccc(S(=O)(=O)Nc4ccc(C(F)(F)F)cc4)cc32)cc(Br)c1OCc1ccccc1. The minimum Gasteiger partial charge on any atom is -0.487 e. The molecule has 0 saturated heterocycles. The summed E-state index contributed by atoms with van der Waals surface area (Å²) in [6, 6.07) is 21.4. The van der Waals surface area contributed by atoms with Crippen LogP contribution in [0.2, 0.25) is 0 Å². The van der Waals surface area contributed by atoms with Crippen LogP contribution in [0.5, 0.6) is 5.75 Å². The van der Waals surface area contributed by atoms with Crippen molar-refractivity contribution in [3.63, 3.8) is 0 Å². The van der Waals surface area contributed by atoms with Crippen molar-refractivity contribution in [2.75, 3.05) is 10.0 Å². The van der Waals surface area contributed by atoms with Crippen molar-refractivity contribution in [1.82, 2.24) is 0 Å². The molecule has 5 rings (SSSR count). The Morgan fingerprint density at radius 1 is 0.932 bits per heavy atom. The van der Waals surface area contributed by atoms with Gasteiger partial charge in [0, 0.05) is 28.1 Å². The lowest BCUT2D eigenvalue weighted by molar-refractivity contribution is -0.137. The van der Waals surface area contributed by atoms with Gasteiger partial charge in [0.05, 0.1) is 14.9 Å². The second-order valence-electron chi connectivity index (χ2n) is 11.3. The fraction of sp³-hybridized carbons (Fsp3) is 0.182. The van der Waals surface area contributed by atoms with E-state index in [4.69, 9.17) is 4.74 Å². The number of benzene rings is 4. The van der Waals surface area contributed by atoms with E-state index >= 15 is 0 Å². The molecule has 1 aliphatic rings. The number of alkyl halides is 3. The fourth-order valence-electron chi connectivity index (χ4n) is 4.72. The minimum atomic E-state index is -4.54. The van der Waals surface area contributed by atoms with E-state index in [2.05, 4.69) is 46.7 Å². The number of nitrogens with one attached hydrogen (secondary N) is 2. The number of carbonyl (C=O) groups is 1. The number of hydrogen-bond donors (Lipinski definition) is 2. The number of anilines is 2. The van der Waals surface area contributed by atoms with E-state index in [9.17, 15) is 26.4 Å². The third-order valence-electron chi connectivity index (χ3n) is 6.96. The summed E-state index contributed by atoms with van der Waals surface area (Å²) in [6.45, 7) is 6.54. The van der Waals surface area contributed by atoms with Crippen molar-refractivity contribution < 1.29 is 31.1 Å². The maximum Gasteiger partial charge on any atom is 0.416 e. The Labute approximate surface area is 262 Å². The zero-order chi connectivity index (χ0) is 31.9. The molecular weight excluding hydrogens is 657 g/mol. The van der Waals surface area contributed by atoms with Crippen LogP contribution in [0.3, 0.4) is 0 Å². The topological polar surface area (TPSA) is 84.5 Å². The normalized spacial score (nSPS) is 14.3. The molecule has 44 heavy (non-hydrogen) atoms. The minimum absolute atomic E-state index is 0.0300. The van der Waals surface area contributed by atoms with Crippen molar-refractivity contribution in [3.8, 4) is 5.75 Å². The molecule has 0 atom stereocenters. The number of fused-ring (bicyclic) bond motifs is 1. The van der Waals surface area contributed by atoms with E-state index in [0.29, 0.717) is 33.6 Å². The van der Waals surface area contributed by atoms with Crippen LogP contribution in [-0.2, 0) is 33.0 Å². The molecule has 1 amide bonds. The number of carbonyl (C=O) groups excluding carboxylic acids is 1. The van der Waals surface area contributed by atoms with Crippen LogP contribution in [0.4, 0.5) is 24.5 Å². The number of rotatable bonds is 7. The summed E-state index contributed by atoms with van der Waals surface area (Å²) >= 11 is 3.64. The molecule has 4 aromatic carbocycles. The highest BCUT2D eigenvalue weighted by atomic mass is 79.9. The first kappa shape index (κ1) is 31.3. The first-order valence-corrected chi connectivity index (χ1v) is 15.8. The maximum absolute atomic E-state index is 13.2. The lowest BCUT2D eigenvalue weighted by Gasteiger charge is -2.24. The molecule has 0 bridgehead atoms. The molecule has 1 heterocycles. The van der Waals surface area contributed by atoms with Gasteiger partial charge in [-0.05, 0) is 93.1 Å². The van der Waals surface area contributed by atoms with Crippen molar-refractivity contribution in [2.45, 2.75) is 43.9 Å². The van der Waals surface area contributed by atoms with Crippen LogP contribution in [-0.4, -0.2) is 14.3 Å². The summed E-state index contributed by atoms with van der Waals surface area (Å²) in [5, 5.41) is 2.76. The van der Waals surface area contributed by atoms with Gasteiger partial charge in [-0.15, -0.1) is 0 Å². The number of hydrogen-bond acceptors (Lipinski definition) is 4. The van der Waals surface area contributed by atoms with Crippen LogP contribution >= 0.6 is 15.9 Å². The Morgan fingerprint density at radius 2 is 1.61 bits per heavy atom. The summed E-state index contributed by atoms with van der Waals surface area (Å²) in [5.41, 5.74) is 2.46. The molecule has 0 aromatic heterocycles. The van der Waals surface area contributed by atoms with Crippen LogP contribution < -0.4 is 14.8 Å². The van der Waals surface area contributed by atoms with Gasteiger partial charge < -0.3 is 10.1 Å². The second kappa shape index (κ2) is 11.8. The first-order chi connectivity index (χ1) is 20.6. The molecule has 1 aliphatic heterocycles. The average molecular weight is 686 g/mol. The molecule has 0 aliphatic carbocycles. The van der Waals surface area contributed by atoms with E-state index in [0.717, 1.165) is 35.4 Å². The molecule has 228 valence electrons. The van der Waals surface area contributed by atoms with E-state index in [-0.39, 0.29) is 21.6 Å². The third kappa shape index (κ3) is 6.84. The molecule has 0 spiro atoms. The molecule has 6 nitrogen and oxygen atoms in total. The highest BCUT2D eigenvalue weighted by molar-refractivity contribution is 9.10. The zero-order valence-corrected chi connectivity index (χ0v) is 26.3. The van der Waals surface area contributed by atoms with Gasteiger partial charge >= 0.3 is 6.18 Å². The third-order valence-corrected chi connectivity index (χ3v) is 8.93. The molecule has 0 radical (unpaired) electrons. The highest BCUT2D eigenvalue weighted by Gasteiger charge is 2.31. The number of halogens is 4. The summed E-state index contributed by atoms with van der Waals surface area (Å²) in [4.78, 5) is 12.9. The van der Waals surface area contributed by atoms with Gasteiger partial charge in [0.25, 0.3) is 15.9 Å². The molecule has 0 saturated carbocycles. The Kier molecular flexibility index (Phi) is 8.39. The molecule has 0 fully saturated rings. The van der Waals surface area contributed by atoms with Crippen LogP contribution in [0, 0.1) is 0 Å². The number of amides is 1. The molecular formula is C33H28BrF3N2O4S. The van der Waals surface area contributed by atoms with Gasteiger partial charge in [-0.1, -0.05) is 51.1 Å². The van der Waals surface area contributed by atoms with E-state index in [1.54, 1.807) is 6.08 Å². The van der Waals surface area contributed by atoms with Crippen molar-refractivity contribution >= 4 is 54.9 Å². The summed E-state index contributed by atoms with van der Waals surface area (Å²) in [7, 11) is -4.19. The van der Waals surface area contributed by atoms with Gasteiger partial charge in [0.15, 0.2) is 0 Å². The van der Waals surface area contributed by atoms with E-state index < -0.39 is 27.7 Å². The van der Waals surface area contributed by atoms with Gasteiger partial charge in [-0.2, -0.15) is 13.2 Å². The zero-order valence-electron chi connectivity index (χ0n) is 23.9. The Hall–Kier alpha value is -4.09. The summed E-state index contributed by atoms with van der Waals surface area (Å²) in [5.74, 6) is 0.283. The van der Waals surface area contributed by atoms with Crippen molar-refractivity contribution in [2.24, 2.45) is 0 Å². The number of ether oxygens (including phenoxy) is 1. The van der Waals surface area contributed by atoms with Gasteiger partial charge in [0.2, 0.25) is 0 Å². The fourth-order valence-corrected chi connectivity index (χ4v) is 6.39. The van der Waals surface area contributed by atoms with Gasteiger partial charge in [0.1, 0.15) is 12.4 Å². The smallest absolute Gasteiger partial charge is 0.416 e. The Morgan fingerprint density at radius 3 is 2.25 bits per heavy atom. The molecule has 11 heteroatoms. The standard InChI is InChI=1S/C33H28BrF3N2O4S/c1-32(2,3)27-16-21(17-28(34)30(27)43-19-20-7-5-4-6-8-20)15-26-25-18-24(13-14-29(25)38-31(26)40)44(41,42)39-23-11-9-22(10-12-23)33(35,36)37/h4-18,39H,19H2,1-3H3,(H,38,40). The van der Waals surface area contributed by atoms with Gasteiger partial charge in [-0.25, -0.2) is 8.42 Å². The second-order valence-corrected chi connectivity index (χ2v) is 13.8.